The van der Waals surface area contributed by atoms with Crippen LogP contribution in [0.25, 0.3) is 0 Å². The lowest BCUT2D eigenvalue weighted by molar-refractivity contribution is -0.136. The van der Waals surface area contributed by atoms with Crippen LogP contribution >= 0.6 is 11.8 Å². The Morgan fingerprint density at radius 1 is 1.25 bits per heavy atom. The third-order valence-corrected chi connectivity index (χ3v) is 4.46. The highest BCUT2D eigenvalue weighted by Crippen LogP contribution is 2.43. The molecule has 0 amide bonds. The van der Waals surface area contributed by atoms with Crippen molar-refractivity contribution in [3.05, 3.63) is 17.7 Å². The maximum Gasteiger partial charge on any atom is 0.318 e. The Bertz CT molecular complexity index is 483. The molecule has 6 nitrogen and oxygen atoms in total. The molecular formula is C13H17NO5S. The fourth-order valence-electron chi connectivity index (χ4n) is 2.07. The van der Waals surface area contributed by atoms with Crippen LogP contribution in [-0.4, -0.2) is 44.2 Å². The highest BCUT2D eigenvalue weighted by molar-refractivity contribution is 8.01. The van der Waals surface area contributed by atoms with Gasteiger partial charge in [-0.1, -0.05) is 0 Å². The molecule has 2 atom stereocenters. The molecule has 2 N–H and O–H groups in total. The van der Waals surface area contributed by atoms with Crippen LogP contribution in [0, 0.1) is 0 Å². The summed E-state index contributed by atoms with van der Waals surface area (Å²) < 4.78 is 15.9. The number of hydrogen-bond donors (Lipinski definition) is 2. The van der Waals surface area contributed by atoms with Gasteiger partial charge in [-0.2, -0.15) is 0 Å². The van der Waals surface area contributed by atoms with Gasteiger partial charge in [-0.3, -0.25) is 10.1 Å². The maximum absolute atomic E-state index is 11.0. The molecule has 1 aromatic carbocycles. The molecule has 0 spiro atoms. The number of aliphatic carboxylic acids is 1. The van der Waals surface area contributed by atoms with E-state index in [-0.39, 0.29) is 5.37 Å². The minimum atomic E-state index is -0.808. The van der Waals surface area contributed by atoms with Crippen LogP contribution < -0.4 is 19.5 Å². The summed E-state index contributed by atoms with van der Waals surface area (Å²) in [7, 11) is 4.65. The summed E-state index contributed by atoms with van der Waals surface area (Å²) in [5.41, 5.74) is 0.897. The quantitative estimate of drug-likeness (QED) is 0.853. The van der Waals surface area contributed by atoms with E-state index >= 15 is 0 Å². The molecule has 2 rings (SSSR count). The topological polar surface area (TPSA) is 77.0 Å². The number of nitrogens with one attached hydrogen (secondary N) is 1. The SMILES string of the molecule is COc1cc([C@@H]2NC[C@@H](C(=O)O)S2)cc(OC)c1OC. The molecule has 1 fully saturated rings. The average Bonchev–Trinajstić information content (AvgIpc) is 2.95. The van der Waals surface area contributed by atoms with Gasteiger partial charge in [-0.25, -0.2) is 0 Å². The molecule has 0 unspecified atom stereocenters. The fraction of sp³-hybridized carbons (Fsp3) is 0.462. The first-order valence-electron chi connectivity index (χ1n) is 6.02. The summed E-state index contributed by atoms with van der Waals surface area (Å²) in [5, 5.41) is 11.7. The van der Waals surface area contributed by atoms with Crippen molar-refractivity contribution in [1.82, 2.24) is 5.32 Å². The summed E-state index contributed by atoms with van der Waals surface area (Å²) in [6.07, 6.45) is 0. The fourth-order valence-corrected chi connectivity index (χ4v) is 3.19. The predicted octanol–water partition coefficient (Wildman–Crippen LogP) is 1.50. The van der Waals surface area contributed by atoms with Crippen LogP contribution in [-0.2, 0) is 4.79 Å². The molecule has 1 aromatic rings. The minimum Gasteiger partial charge on any atom is -0.493 e. The number of carbonyl (C=O) groups is 1. The van der Waals surface area contributed by atoms with E-state index in [0.29, 0.717) is 23.8 Å². The Kier molecular flexibility index (Phi) is 4.61. The van der Waals surface area contributed by atoms with E-state index in [1.165, 1.54) is 11.8 Å². The van der Waals surface area contributed by atoms with Gasteiger partial charge in [-0.15, -0.1) is 11.8 Å². The van der Waals surface area contributed by atoms with Gasteiger partial charge < -0.3 is 19.3 Å². The Balaban J connectivity index is 2.31. The van der Waals surface area contributed by atoms with Gasteiger partial charge in [-0.05, 0) is 17.7 Å². The minimum absolute atomic E-state index is 0.107. The van der Waals surface area contributed by atoms with Gasteiger partial charge in [0.1, 0.15) is 5.25 Å². The zero-order chi connectivity index (χ0) is 14.7. The Morgan fingerprint density at radius 2 is 1.85 bits per heavy atom. The van der Waals surface area contributed by atoms with Crippen molar-refractivity contribution in [3.8, 4) is 17.2 Å². The van der Waals surface area contributed by atoms with E-state index in [2.05, 4.69) is 5.32 Å². The van der Waals surface area contributed by atoms with E-state index in [4.69, 9.17) is 19.3 Å². The van der Waals surface area contributed by atoms with Gasteiger partial charge in [0.05, 0.1) is 26.7 Å². The number of thioether (sulfide) groups is 1. The van der Waals surface area contributed by atoms with E-state index in [0.717, 1.165) is 5.56 Å². The first-order chi connectivity index (χ1) is 9.60. The van der Waals surface area contributed by atoms with Crippen molar-refractivity contribution in [2.24, 2.45) is 0 Å². The standard InChI is InChI=1S/C13H17NO5S/c1-17-8-4-7(5-9(18-2)11(8)19-3)12-14-6-10(20-12)13(15)16/h4-5,10,12,14H,6H2,1-3H3,(H,15,16)/t10-,12+/m0/s1. The van der Waals surface area contributed by atoms with Crippen molar-refractivity contribution in [2.45, 2.75) is 10.6 Å². The van der Waals surface area contributed by atoms with Gasteiger partial charge in [0.2, 0.25) is 5.75 Å². The molecule has 0 bridgehead atoms. The lowest BCUT2D eigenvalue weighted by atomic mass is 10.1. The van der Waals surface area contributed by atoms with E-state index in [9.17, 15) is 4.79 Å². The second-order valence-corrected chi connectivity index (χ2v) is 5.52. The highest BCUT2D eigenvalue weighted by Gasteiger charge is 2.32. The Labute approximate surface area is 121 Å². The first-order valence-corrected chi connectivity index (χ1v) is 6.96. The molecule has 7 heteroatoms. The molecule has 1 heterocycles. The smallest absolute Gasteiger partial charge is 0.318 e. The maximum atomic E-state index is 11.0. The van der Waals surface area contributed by atoms with Gasteiger partial charge in [0, 0.05) is 6.54 Å². The second kappa shape index (κ2) is 6.23. The average molecular weight is 299 g/mol. The molecule has 1 saturated heterocycles. The predicted molar refractivity (Wildman–Crippen MR) is 75.9 cm³/mol. The molecule has 0 aromatic heterocycles. The Hall–Kier alpha value is -1.60. The van der Waals surface area contributed by atoms with Crippen LogP contribution in [0.2, 0.25) is 0 Å². The summed E-state index contributed by atoms with van der Waals surface area (Å²) in [4.78, 5) is 11.0. The third-order valence-electron chi connectivity index (χ3n) is 3.05. The zero-order valence-electron chi connectivity index (χ0n) is 11.5. The zero-order valence-corrected chi connectivity index (χ0v) is 12.3. The molecule has 20 heavy (non-hydrogen) atoms. The van der Waals surface area contributed by atoms with Crippen molar-refractivity contribution in [1.29, 1.82) is 0 Å². The molecule has 1 aliphatic heterocycles. The Morgan fingerprint density at radius 3 is 2.25 bits per heavy atom. The van der Waals surface area contributed by atoms with Crippen LogP contribution in [0.1, 0.15) is 10.9 Å². The number of carboxylic acids is 1. The number of ether oxygens (including phenoxy) is 3. The van der Waals surface area contributed by atoms with E-state index in [1.807, 2.05) is 12.1 Å². The lowest BCUT2D eigenvalue weighted by Gasteiger charge is -2.17. The summed E-state index contributed by atoms with van der Waals surface area (Å²) >= 11 is 1.36. The third kappa shape index (κ3) is 2.78. The summed E-state index contributed by atoms with van der Waals surface area (Å²) in [5.74, 6) is 0.833. The van der Waals surface area contributed by atoms with Crippen molar-refractivity contribution >= 4 is 17.7 Å². The largest absolute Gasteiger partial charge is 0.493 e. The molecule has 0 radical (unpaired) electrons. The lowest BCUT2D eigenvalue weighted by Crippen LogP contribution is -2.21. The van der Waals surface area contributed by atoms with Crippen LogP contribution in [0.5, 0.6) is 17.2 Å². The molecule has 0 saturated carbocycles. The molecule has 0 aliphatic carbocycles. The highest BCUT2D eigenvalue weighted by atomic mass is 32.2. The number of benzene rings is 1. The van der Waals surface area contributed by atoms with Crippen LogP contribution in [0.3, 0.4) is 0 Å². The summed E-state index contributed by atoms with van der Waals surface area (Å²) in [6, 6.07) is 3.66. The van der Waals surface area contributed by atoms with Crippen molar-refractivity contribution < 1.29 is 24.1 Å². The number of hydrogen-bond acceptors (Lipinski definition) is 6. The second-order valence-electron chi connectivity index (χ2n) is 4.21. The van der Waals surface area contributed by atoms with Crippen LogP contribution in [0.15, 0.2) is 12.1 Å². The normalized spacial score (nSPS) is 21.6. The van der Waals surface area contributed by atoms with Crippen molar-refractivity contribution in [3.63, 3.8) is 0 Å². The van der Waals surface area contributed by atoms with E-state index < -0.39 is 11.2 Å². The van der Waals surface area contributed by atoms with Crippen molar-refractivity contribution in [2.75, 3.05) is 27.9 Å². The molecular weight excluding hydrogens is 282 g/mol. The number of methoxy groups -OCH3 is 3. The number of carboxylic acid groups (broad SMARTS) is 1. The first kappa shape index (κ1) is 14.8. The van der Waals surface area contributed by atoms with Crippen LogP contribution in [0.4, 0.5) is 0 Å². The van der Waals surface area contributed by atoms with Gasteiger partial charge >= 0.3 is 5.97 Å². The van der Waals surface area contributed by atoms with Gasteiger partial charge in [0.25, 0.3) is 0 Å². The van der Waals surface area contributed by atoms with Gasteiger partial charge in [0.15, 0.2) is 11.5 Å². The molecule has 110 valence electrons. The monoisotopic (exact) mass is 299 g/mol. The molecule has 1 aliphatic rings. The van der Waals surface area contributed by atoms with E-state index in [1.54, 1.807) is 21.3 Å². The number of rotatable bonds is 5. The summed E-state index contributed by atoms with van der Waals surface area (Å²) in [6.45, 7) is 0.432.